The first-order chi connectivity index (χ1) is 14.6. The maximum Gasteiger partial charge on any atom is 0.317 e. The van der Waals surface area contributed by atoms with E-state index in [1.54, 1.807) is 0 Å². The summed E-state index contributed by atoms with van der Waals surface area (Å²) >= 11 is 0. The molecule has 4 bridgehead atoms. The maximum atomic E-state index is 14.3. The third kappa shape index (κ3) is 3.80. The number of halogens is 4. The highest BCUT2D eigenvalue weighted by Crippen LogP contribution is 2.63. The van der Waals surface area contributed by atoms with E-state index in [-0.39, 0.29) is 31.1 Å². The molecular weight excluding hydrogens is 484 g/mol. The molecule has 2 unspecified atom stereocenters. The van der Waals surface area contributed by atoms with Crippen molar-refractivity contribution in [1.82, 2.24) is 0 Å². The fraction of sp³-hybridized carbons (Fsp3) is 0.611. The predicted octanol–water partition coefficient (Wildman–Crippen LogP) is 2.37. The fourth-order valence-electron chi connectivity index (χ4n) is 5.94. The summed E-state index contributed by atoms with van der Waals surface area (Å²) in [5.41, 5.74) is -2.62. The topological polar surface area (TPSA) is 127 Å². The Balaban J connectivity index is 1.71. The molecule has 0 amide bonds. The van der Waals surface area contributed by atoms with E-state index in [0.717, 1.165) is 6.26 Å². The molecule has 1 aromatic rings. The Hall–Kier alpha value is -1.77. The van der Waals surface area contributed by atoms with Gasteiger partial charge in [0.05, 0.1) is 17.3 Å². The summed E-state index contributed by atoms with van der Waals surface area (Å²) in [5.74, 6) is -13.1. The van der Waals surface area contributed by atoms with Crippen LogP contribution in [0.5, 0.6) is 5.75 Å². The summed E-state index contributed by atoms with van der Waals surface area (Å²) in [5, 5.41) is 0. The molecule has 5 rings (SSSR count). The molecule has 8 nitrogen and oxygen atoms in total. The van der Waals surface area contributed by atoms with Gasteiger partial charge in [-0.2, -0.15) is 17.2 Å². The molecule has 14 heteroatoms. The molecule has 4 fully saturated rings. The molecule has 32 heavy (non-hydrogen) atoms. The van der Waals surface area contributed by atoms with E-state index in [0.29, 0.717) is 19.3 Å². The number of hydrogen-bond acceptors (Lipinski definition) is 8. The zero-order chi connectivity index (χ0) is 23.9. The van der Waals surface area contributed by atoms with Crippen molar-refractivity contribution in [2.75, 3.05) is 6.26 Å². The lowest BCUT2D eigenvalue weighted by Crippen LogP contribution is -2.60. The number of carbonyl (C=O) groups is 1. The molecule has 4 aliphatic rings. The van der Waals surface area contributed by atoms with Gasteiger partial charge in [0.2, 0.25) is 17.4 Å². The third-order valence-corrected chi connectivity index (χ3v) is 7.91. The minimum Gasteiger partial charge on any atom is -0.744 e. The van der Waals surface area contributed by atoms with Crippen LogP contribution in [-0.2, 0) is 29.2 Å². The first-order valence-electron chi connectivity index (χ1n) is 9.51. The summed E-state index contributed by atoms with van der Waals surface area (Å²) in [4.78, 5) is 10.6. The van der Waals surface area contributed by atoms with Gasteiger partial charge in [0.1, 0.15) is 15.0 Å². The van der Waals surface area contributed by atoms with Crippen LogP contribution in [0.4, 0.5) is 17.6 Å². The van der Waals surface area contributed by atoms with Crippen molar-refractivity contribution in [2.45, 2.75) is 49.0 Å². The van der Waals surface area contributed by atoms with Crippen molar-refractivity contribution in [3.05, 3.63) is 23.3 Å². The first-order valence-corrected chi connectivity index (χ1v) is 12.7. The Kier molecular flexibility index (Phi) is 5.20. The Labute approximate surface area is 180 Å². The smallest absolute Gasteiger partial charge is 0.317 e. The summed E-state index contributed by atoms with van der Waals surface area (Å²) in [6, 6.07) is 0. The van der Waals surface area contributed by atoms with Crippen LogP contribution < -0.4 is 4.74 Å². The number of hydrogen-bond donors (Lipinski definition) is 0. The number of rotatable bonds is 5. The van der Waals surface area contributed by atoms with Gasteiger partial charge in [-0.3, -0.25) is 8.98 Å². The number of carbonyl (C=O) groups excluding carboxylic acids is 1. The molecule has 0 aliphatic heterocycles. The fourth-order valence-corrected chi connectivity index (χ4v) is 7.39. The second-order valence-corrected chi connectivity index (χ2v) is 11.9. The van der Waals surface area contributed by atoms with Crippen LogP contribution in [0.1, 0.15) is 38.5 Å². The highest BCUT2D eigenvalue weighted by molar-refractivity contribution is 7.86. The average molecular weight is 501 g/mol. The molecule has 0 saturated heterocycles. The molecule has 0 heterocycles. The Morgan fingerprint density at radius 3 is 1.88 bits per heavy atom. The Morgan fingerprint density at radius 2 is 1.44 bits per heavy atom. The second kappa shape index (κ2) is 7.11. The largest absolute Gasteiger partial charge is 0.744 e. The minimum absolute atomic E-state index is 0.137. The standard InChI is InChI=1S/C18H18F4O8S2/c1-31(24,25)30-18-5-8-2-9(6-18)4-17(3-8,7-18)16(23)29-14-10(19)12(21)15(32(26,27)28)13(22)11(14)20/h8-9H,2-7H2,1H3,(H,26,27,28)/p-1. The van der Waals surface area contributed by atoms with E-state index in [1.165, 1.54) is 0 Å². The van der Waals surface area contributed by atoms with Crippen LogP contribution in [-0.4, -0.2) is 39.2 Å². The van der Waals surface area contributed by atoms with Crippen molar-refractivity contribution in [2.24, 2.45) is 17.3 Å². The van der Waals surface area contributed by atoms with E-state index in [4.69, 9.17) is 8.92 Å². The average Bonchev–Trinajstić information content (AvgIpc) is 2.59. The lowest BCUT2D eigenvalue weighted by molar-refractivity contribution is -0.182. The SMILES string of the molecule is CS(=O)(=O)OC12CC3CC(C1)CC(C(=O)Oc1c(F)c(F)c(S(=O)(=O)[O-])c(F)c1F)(C3)C2. The molecule has 0 N–H and O–H groups in total. The van der Waals surface area contributed by atoms with Gasteiger partial charge in [0.25, 0.3) is 10.1 Å². The van der Waals surface area contributed by atoms with Gasteiger partial charge in [-0.05, 0) is 50.4 Å². The molecule has 4 saturated carbocycles. The van der Waals surface area contributed by atoms with E-state index in [1.807, 2.05) is 0 Å². The van der Waals surface area contributed by atoms with Crippen LogP contribution in [0.3, 0.4) is 0 Å². The molecule has 0 radical (unpaired) electrons. The van der Waals surface area contributed by atoms with Gasteiger partial charge < -0.3 is 9.29 Å². The first kappa shape index (κ1) is 23.4. The molecule has 2 atom stereocenters. The molecule has 4 aliphatic carbocycles. The normalized spacial score (nSPS) is 31.7. The minimum atomic E-state index is -5.91. The van der Waals surface area contributed by atoms with Crippen LogP contribution in [0.25, 0.3) is 0 Å². The number of esters is 1. The van der Waals surface area contributed by atoms with Gasteiger partial charge >= 0.3 is 5.97 Å². The van der Waals surface area contributed by atoms with E-state index < -0.39 is 71.1 Å². The Morgan fingerprint density at radius 1 is 0.938 bits per heavy atom. The van der Waals surface area contributed by atoms with Gasteiger partial charge in [0, 0.05) is 0 Å². The van der Waals surface area contributed by atoms with Gasteiger partial charge in [-0.1, -0.05) is 0 Å². The highest BCUT2D eigenvalue weighted by atomic mass is 32.2. The summed E-state index contributed by atoms with van der Waals surface area (Å²) < 4.78 is 123. The van der Waals surface area contributed by atoms with E-state index >= 15 is 0 Å². The third-order valence-electron chi connectivity index (χ3n) is 6.40. The molecule has 178 valence electrons. The van der Waals surface area contributed by atoms with Crippen LogP contribution in [0.15, 0.2) is 4.90 Å². The van der Waals surface area contributed by atoms with Crippen molar-refractivity contribution in [1.29, 1.82) is 0 Å². The molecule has 0 aromatic heterocycles. The number of ether oxygens (including phenoxy) is 1. The van der Waals surface area contributed by atoms with Gasteiger partial charge in [-0.15, -0.1) is 0 Å². The van der Waals surface area contributed by atoms with Crippen LogP contribution in [0, 0.1) is 40.5 Å². The van der Waals surface area contributed by atoms with Gasteiger partial charge in [0.15, 0.2) is 11.6 Å². The lowest BCUT2D eigenvalue weighted by atomic mass is 9.48. The Bertz CT molecular complexity index is 1180. The summed E-state index contributed by atoms with van der Waals surface area (Å²) in [6.07, 6.45) is 2.50. The second-order valence-electron chi connectivity index (χ2n) is 8.97. The molecule has 1 aromatic carbocycles. The quantitative estimate of drug-likeness (QED) is 0.150. The summed E-state index contributed by atoms with van der Waals surface area (Å²) in [7, 11) is -9.81. The van der Waals surface area contributed by atoms with Crippen molar-refractivity contribution in [3.8, 4) is 5.75 Å². The van der Waals surface area contributed by atoms with Crippen molar-refractivity contribution < 1.29 is 52.7 Å². The molecule has 0 spiro atoms. The highest BCUT2D eigenvalue weighted by Gasteiger charge is 2.63. The van der Waals surface area contributed by atoms with Crippen molar-refractivity contribution >= 4 is 26.2 Å². The van der Waals surface area contributed by atoms with E-state index in [9.17, 15) is 43.7 Å². The zero-order valence-electron chi connectivity index (χ0n) is 16.5. The summed E-state index contributed by atoms with van der Waals surface area (Å²) in [6.45, 7) is 0. The maximum absolute atomic E-state index is 14.3. The number of benzene rings is 1. The van der Waals surface area contributed by atoms with Crippen molar-refractivity contribution in [3.63, 3.8) is 0 Å². The van der Waals surface area contributed by atoms with Crippen LogP contribution >= 0.6 is 0 Å². The molecular formula is C18H17F4O8S2-. The zero-order valence-corrected chi connectivity index (χ0v) is 18.1. The predicted molar refractivity (Wildman–Crippen MR) is 95.6 cm³/mol. The monoisotopic (exact) mass is 501 g/mol. The van der Waals surface area contributed by atoms with Crippen LogP contribution in [0.2, 0.25) is 0 Å². The lowest BCUT2D eigenvalue weighted by Gasteiger charge is -2.59. The van der Waals surface area contributed by atoms with E-state index in [2.05, 4.69) is 0 Å². The van der Waals surface area contributed by atoms with Gasteiger partial charge in [-0.25, -0.2) is 17.2 Å².